The largest absolute Gasteiger partial charge is 0.367 e. The predicted octanol–water partition coefficient (Wildman–Crippen LogP) is 6.98. The van der Waals surface area contributed by atoms with Crippen LogP contribution in [0.5, 0.6) is 0 Å². The monoisotopic (exact) mass is 413 g/mol. The Morgan fingerprint density at radius 1 is 1.07 bits per heavy atom. The summed E-state index contributed by atoms with van der Waals surface area (Å²) in [5.41, 5.74) is 12.1. The number of rotatable bonds is 8. The Hall–Kier alpha value is -1.87. The highest BCUT2D eigenvalue weighted by atomic mass is 15.2. The van der Waals surface area contributed by atoms with Crippen molar-refractivity contribution < 1.29 is 0 Å². The third kappa shape index (κ3) is 9.30. The summed E-state index contributed by atoms with van der Waals surface area (Å²) in [6.45, 7) is 23.4. The number of hydrogen-bond donors (Lipinski definition) is 1. The summed E-state index contributed by atoms with van der Waals surface area (Å²) in [6.07, 6.45) is 8.66. The van der Waals surface area contributed by atoms with Crippen LogP contribution in [-0.2, 0) is 6.42 Å². The molecule has 0 atom stereocenters. The maximum Gasteiger partial charge on any atom is 0.0807 e. The average Bonchev–Trinajstić information content (AvgIpc) is 2.75. The smallest absolute Gasteiger partial charge is 0.0807 e. The second-order valence-corrected chi connectivity index (χ2v) is 7.64. The minimum Gasteiger partial charge on any atom is -0.367 e. The first kappa shape index (κ1) is 28.1. The zero-order valence-corrected chi connectivity index (χ0v) is 20.8. The van der Waals surface area contributed by atoms with E-state index in [1.807, 2.05) is 40.7 Å². The van der Waals surface area contributed by atoms with Crippen molar-refractivity contribution in [1.29, 1.82) is 0 Å². The summed E-state index contributed by atoms with van der Waals surface area (Å²) in [6, 6.07) is 7.70. The van der Waals surface area contributed by atoms with Gasteiger partial charge in [0.25, 0.3) is 0 Å². The van der Waals surface area contributed by atoms with Crippen molar-refractivity contribution in [1.82, 2.24) is 4.90 Å². The molecule has 1 aromatic rings. The zero-order chi connectivity index (χ0) is 23.1. The molecule has 2 N–H and O–H groups in total. The Morgan fingerprint density at radius 2 is 1.60 bits per heavy atom. The number of aryl methyl sites for hydroxylation is 3. The van der Waals surface area contributed by atoms with E-state index in [1.54, 1.807) is 0 Å². The molecule has 0 aromatic heterocycles. The molecule has 0 unspecified atom stereocenters. The fourth-order valence-corrected chi connectivity index (χ4v) is 4.11. The van der Waals surface area contributed by atoms with Crippen LogP contribution in [0.25, 0.3) is 0 Å². The van der Waals surface area contributed by atoms with Gasteiger partial charge in [-0.15, -0.1) is 0 Å². The van der Waals surface area contributed by atoms with E-state index < -0.39 is 0 Å². The van der Waals surface area contributed by atoms with E-state index in [0.717, 1.165) is 56.5 Å². The number of nitrogens with two attached hydrogens (primary N) is 1. The van der Waals surface area contributed by atoms with Crippen LogP contribution in [0, 0.1) is 13.8 Å². The first-order valence-electron chi connectivity index (χ1n) is 11.9. The van der Waals surface area contributed by atoms with Crippen LogP contribution >= 0.6 is 0 Å². The van der Waals surface area contributed by atoms with Crippen molar-refractivity contribution in [2.75, 3.05) is 6.54 Å². The molecule has 0 saturated heterocycles. The molecule has 0 radical (unpaired) electrons. The SMILES string of the molecule is C=N/C(=C\C)C(=C)N(CCCc1cc(C)cc(C)c1)C1CCC(N)CC1.CC.CC. The molecular formula is C27H47N3. The molecule has 0 heterocycles. The van der Waals surface area contributed by atoms with E-state index in [-0.39, 0.29) is 0 Å². The first-order valence-corrected chi connectivity index (χ1v) is 11.9. The highest BCUT2D eigenvalue weighted by molar-refractivity contribution is 5.37. The van der Waals surface area contributed by atoms with Gasteiger partial charge in [0.05, 0.1) is 11.4 Å². The molecule has 0 bridgehead atoms. The van der Waals surface area contributed by atoms with Gasteiger partial charge in [0, 0.05) is 18.6 Å². The van der Waals surface area contributed by atoms with Crippen molar-refractivity contribution in [2.45, 2.75) is 99.1 Å². The number of allylic oxidation sites excluding steroid dienone is 1. The molecule has 1 saturated carbocycles. The molecule has 3 nitrogen and oxygen atoms in total. The van der Waals surface area contributed by atoms with Crippen LogP contribution < -0.4 is 5.73 Å². The molecule has 1 aliphatic carbocycles. The number of nitrogens with zero attached hydrogens (tertiary/aromatic N) is 2. The van der Waals surface area contributed by atoms with Gasteiger partial charge < -0.3 is 10.6 Å². The van der Waals surface area contributed by atoms with Crippen LogP contribution in [0.3, 0.4) is 0 Å². The van der Waals surface area contributed by atoms with Gasteiger partial charge in [-0.1, -0.05) is 69.7 Å². The van der Waals surface area contributed by atoms with Crippen LogP contribution in [0.1, 0.15) is 83.4 Å². The lowest BCUT2D eigenvalue weighted by Gasteiger charge is -2.39. The lowest BCUT2D eigenvalue weighted by atomic mass is 9.90. The van der Waals surface area contributed by atoms with Gasteiger partial charge in [0.1, 0.15) is 0 Å². The van der Waals surface area contributed by atoms with Crippen molar-refractivity contribution in [3.63, 3.8) is 0 Å². The lowest BCUT2D eigenvalue weighted by Crippen LogP contribution is -2.41. The fourth-order valence-electron chi connectivity index (χ4n) is 4.11. The third-order valence-corrected chi connectivity index (χ3v) is 5.41. The number of aliphatic imine (C=N–C) groups is 1. The first-order chi connectivity index (χ1) is 14.4. The van der Waals surface area contributed by atoms with Crippen molar-refractivity contribution in [3.05, 3.63) is 58.9 Å². The van der Waals surface area contributed by atoms with E-state index in [2.05, 4.69) is 55.2 Å². The molecule has 1 aromatic carbocycles. The summed E-state index contributed by atoms with van der Waals surface area (Å²) < 4.78 is 0. The standard InChI is InChI=1S/C23H35N3.2C2H6/c1-6-23(25-5)19(4)26(22-11-9-21(24)10-12-22)13-7-8-20-15-17(2)14-18(3)16-20;2*1-2/h6,14-16,21-22H,4-5,7-13,24H2,1-3H3;2*1-2H3/b23-6-;;. The summed E-state index contributed by atoms with van der Waals surface area (Å²) in [4.78, 5) is 6.63. The predicted molar refractivity (Wildman–Crippen MR) is 136 cm³/mol. The minimum atomic E-state index is 0.357. The summed E-state index contributed by atoms with van der Waals surface area (Å²) in [5, 5.41) is 0. The Morgan fingerprint density at radius 3 is 2.07 bits per heavy atom. The summed E-state index contributed by atoms with van der Waals surface area (Å²) >= 11 is 0. The van der Waals surface area contributed by atoms with Crippen LogP contribution in [0.15, 0.2) is 47.2 Å². The minimum absolute atomic E-state index is 0.357. The van der Waals surface area contributed by atoms with Gasteiger partial charge in [0.2, 0.25) is 0 Å². The van der Waals surface area contributed by atoms with E-state index >= 15 is 0 Å². The van der Waals surface area contributed by atoms with Gasteiger partial charge in [-0.2, -0.15) is 0 Å². The van der Waals surface area contributed by atoms with Crippen LogP contribution in [0.4, 0.5) is 0 Å². The molecule has 170 valence electrons. The summed E-state index contributed by atoms with van der Waals surface area (Å²) in [7, 11) is 0. The fraction of sp³-hybridized carbons (Fsp3) is 0.593. The van der Waals surface area contributed by atoms with E-state index in [4.69, 9.17) is 5.73 Å². The van der Waals surface area contributed by atoms with Crippen molar-refractivity contribution in [2.24, 2.45) is 10.7 Å². The van der Waals surface area contributed by atoms with Gasteiger partial charge in [0.15, 0.2) is 0 Å². The lowest BCUT2D eigenvalue weighted by molar-refractivity contribution is 0.192. The zero-order valence-electron chi connectivity index (χ0n) is 20.8. The van der Waals surface area contributed by atoms with Gasteiger partial charge in [-0.3, -0.25) is 4.99 Å². The summed E-state index contributed by atoms with van der Waals surface area (Å²) in [5.74, 6) is 0. The highest BCUT2D eigenvalue weighted by Gasteiger charge is 2.25. The second kappa shape index (κ2) is 15.9. The number of hydrogen-bond acceptors (Lipinski definition) is 3. The second-order valence-electron chi connectivity index (χ2n) is 7.64. The van der Waals surface area contributed by atoms with Gasteiger partial charge in [-0.25, -0.2) is 0 Å². The third-order valence-electron chi connectivity index (χ3n) is 5.41. The molecule has 2 rings (SSSR count). The normalized spacial score (nSPS) is 18.3. The maximum atomic E-state index is 6.11. The molecule has 0 aliphatic heterocycles. The van der Waals surface area contributed by atoms with E-state index in [1.165, 1.54) is 16.7 Å². The Balaban J connectivity index is 0.00000198. The van der Waals surface area contributed by atoms with Crippen molar-refractivity contribution in [3.8, 4) is 0 Å². The Bertz CT molecular complexity index is 632. The quantitative estimate of drug-likeness (QED) is 0.369. The van der Waals surface area contributed by atoms with E-state index in [9.17, 15) is 0 Å². The Labute approximate surface area is 187 Å². The molecule has 30 heavy (non-hydrogen) atoms. The van der Waals surface area contributed by atoms with Gasteiger partial charge >= 0.3 is 0 Å². The van der Waals surface area contributed by atoms with Crippen molar-refractivity contribution >= 4 is 6.72 Å². The molecule has 3 heteroatoms. The number of benzene rings is 1. The van der Waals surface area contributed by atoms with Crippen LogP contribution in [0.2, 0.25) is 0 Å². The topological polar surface area (TPSA) is 41.6 Å². The van der Waals surface area contributed by atoms with E-state index in [0.29, 0.717) is 12.1 Å². The molecule has 0 amide bonds. The Kier molecular flexibility index (Phi) is 14.9. The molecule has 1 fully saturated rings. The van der Waals surface area contributed by atoms with Crippen LogP contribution in [-0.4, -0.2) is 30.2 Å². The molecular weight excluding hydrogens is 366 g/mol. The van der Waals surface area contributed by atoms with Gasteiger partial charge in [-0.05, 0) is 71.6 Å². The maximum absolute atomic E-state index is 6.11. The molecule has 1 aliphatic rings. The molecule has 0 spiro atoms. The highest BCUT2D eigenvalue weighted by Crippen LogP contribution is 2.28. The average molecular weight is 414 g/mol.